The lowest BCUT2D eigenvalue weighted by Crippen LogP contribution is -2.48. The van der Waals surface area contributed by atoms with Crippen LogP contribution in [0.4, 0.5) is 20.3 Å². The fourth-order valence-electron chi connectivity index (χ4n) is 5.88. The third-order valence-corrected chi connectivity index (χ3v) is 8.44. The largest absolute Gasteiger partial charge is 0.486 e. The number of nitrogens with two attached hydrogens (primary N) is 1. The Morgan fingerprint density at radius 3 is 2.76 bits per heavy atom. The maximum atomic E-state index is 14.6. The SMILES string of the molecule is COc1cc(CN(Cc2cn3c4c(c(F)c(F)cc4c2=O)OC[C@@H]3C)[C@H]2CCCN(c3ccc(N)nc3)C2)c(Cl)cn1. The first kappa shape index (κ1) is 28.2. The molecule has 220 valence electrons. The minimum Gasteiger partial charge on any atom is -0.486 e. The van der Waals surface area contributed by atoms with Gasteiger partial charge in [0.05, 0.1) is 41.0 Å². The summed E-state index contributed by atoms with van der Waals surface area (Å²) >= 11 is 6.58. The lowest BCUT2D eigenvalue weighted by Gasteiger charge is -2.40. The van der Waals surface area contributed by atoms with Gasteiger partial charge in [-0.25, -0.2) is 14.4 Å². The molecule has 4 aromatic rings. The van der Waals surface area contributed by atoms with Crippen molar-refractivity contribution < 1.29 is 18.3 Å². The Kier molecular flexibility index (Phi) is 7.63. The van der Waals surface area contributed by atoms with Crippen molar-refractivity contribution in [1.82, 2.24) is 19.4 Å². The van der Waals surface area contributed by atoms with E-state index in [2.05, 4.69) is 19.8 Å². The van der Waals surface area contributed by atoms with E-state index in [1.165, 1.54) is 0 Å². The number of hydrogen-bond donors (Lipinski definition) is 1. The highest BCUT2D eigenvalue weighted by molar-refractivity contribution is 6.31. The summed E-state index contributed by atoms with van der Waals surface area (Å²) in [4.78, 5) is 26.7. The molecule has 0 amide bonds. The lowest BCUT2D eigenvalue weighted by molar-refractivity contribution is 0.157. The Morgan fingerprint density at radius 2 is 2.00 bits per heavy atom. The van der Waals surface area contributed by atoms with Crippen LogP contribution in [0, 0.1) is 11.6 Å². The van der Waals surface area contributed by atoms with Gasteiger partial charge in [-0.1, -0.05) is 11.6 Å². The zero-order valence-corrected chi connectivity index (χ0v) is 24.1. The van der Waals surface area contributed by atoms with E-state index in [1.54, 1.807) is 37.8 Å². The van der Waals surface area contributed by atoms with Crippen molar-refractivity contribution in [3.8, 4) is 11.6 Å². The maximum absolute atomic E-state index is 14.6. The first-order chi connectivity index (χ1) is 20.2. The van der Waals surface area contributed by atoms with Crippen LogP contribution < -0.4 is 25.5 Å². The molecular formula is C30H31ClF2N6O3. The number of benzene rings is 1. The molecule has 3 aromatic heterocycles. The molecule has 0 bridgehead atoms. The van der Waals surface area contributed by atoms with Crippen LogP contribution in [0.25, 0.3) is 10.9 Å². The topological polar surface area (TPSA) is 98.7 Å². The molecule has 9 nitrogen and oxygen atoms in total. The minimum absolute atomic E-state index is 0.0317. The van der Waals surface area contributed by atoms with Gasteiger partial charge < -0.3 is 24.7 Å². The van der Waals surface area contributed by atoms with Gasteiger partial charge in [0.25, 0.3) is 0 Å². The second kappa shape index (κ2) is 11.4. The van der Waals surface area contributed by atoms with Crippen LogP contribution in [0.5, 0.6) is 11.6 Å². The molecule has 12 heteroatoms. The Balaban J connectivity index is 1.41. The Labute approximate surface area is 246 Å². The number of hydrogen-bond acceptors (Lipinski definition) is 8. The molecule has 1 saturated heterocycles. The number of nitrogens with zero attached hydrogens (tertiary/aromatic N) is 5. The van der Waals surface area contributed by atoms with Gasteiger partial charge in [-0.05, 0) is 43.5 Å². The quantitative estimate of drug-likeness (QED) is 0.320. The normalized spacial score (nSPS) is 18.4. The number of aromatic nitrogens is 3. The van der Waals surface area contributed by atoms with Crippen molar-refractivity contribution in [2.75, 3.05) is 37.4 Å². The highest BCUT2D eigenvalue weighted by Crippen LogP contribution is 2.36. The summed E-state index contributed by atoms with van der Waals surface area (Å²) in [7, 11) is 1.54. The van der Waals surface area contributed by atoms with E-state index >= 15 is 0 Å². The molecule has 0 radical (unpaired) electrons. The van der Waals surface area contributed by atoms with Crippen molar-refractivity contribution in [3.05, 3.63) is 80.9 Å². The van der Waals surface area contributed by atoms with Crippen LogP contribution >= 0.6 is 11.6 Å². The number of nitrogen functional groups attached to an aromatic ring is 1. The summed E-state index contributed by atoms with van der Waals surface area (Å²) in [5, 5.41) is 0.573. The number of pyridine rings is 3. The molecular weight excluding hydrogens is 566 g/mol. The van der Waals surface area contributed by atoms with E-state index in [4.69, 9.17) is 26.8 Å². The summed E-state index contributed by atoms with van der Waals surface area (Å²) in [5.74, 6) is -1.53. The predicted octanol–water partition coefficient (Wildman–Crippen LogP) is 4.94. The molecule has 1 fully saturated rings. The van der Waals surface area contributed by atoms with Gasteiger partial charge in [-0.3, -0.25) is 9.69 Å². The van der Waals surface area contributed by atoms with Crippen molar-refractivity contribution in [2.24, 2.45) is 0 Å². The summed E-state index contributed by atoms with van der Waals surface area (Å²) in [6.07, 6.45) is 6.88. The molecule has 0 aliphatic carbocycles. The number of halogens is 3. The molecule has 2 atom stereocenters. The van der Waals surface area contributed by atoms with Gasteiger partial charge in [0, 0.05) is 56.2 Å². The summed E-state index contributed by atoms with van der Waals surface area (Å²) in [5.41, 5.74) is 7.95. The highest BCUT2D eigenvalue weighted by atomic mass is 35.5. The van der Waals surface area contributed by atoms with Crippen LogP contribution in [0.3, 0.4) is 0 Å². The van der Waals surface area contributed by atoms with E-state index in [9.17, 15) is 13.6 Å². The van der Waals surface area contributed by atoms with Crippen LogP contribution in [0.15, 0.2) is 47.7 Å². The zero-order chi connectivity index (χ0) is 29.5. The average molecular weight is 597 g/mol. The van der Waals surface area contributed by atoms with Gasteiger partial charge in [-0.2, -0.15) is 4.39 Å². The summed E-state index contributed by atoms with van der Waals surface area (Å²) in [6, 6.07) is 6.35. The fraction of sp³-hybridized carbons (Fsp3) is 0.367. The monoisotopic (exact) mass is 596 g/mol. The molecule has 5 heterocycles. The smallest absolute Gasteiger partial charge is 0.213 e. The molecule has 6 rings (SSSR count). The molecule has 0 spiro atoms. The van der Waals surface area contributed by atoms with E-state index in [0.29, 0.717) is 35.4 Å². The first-order valence-corrected chi connectivity index (χ1v) is 14.2. The lowest BCUT2D eigenvalue weighted by atomic mass is 10.0. The van der Waals surface area contributed by atoms with Crippen LogP contribution in [0.1, 0.15) is 36.9 Å². The number of anilines is 2. The van der Waals surface area contributed by atoms with E-state index in [-0.39, 0.29) is 47.3 Å². The van der Waals surface area contributed by atoms with Gasteiger partial charge in [0.1, 0.15) is 12.4 Å². The van der Waals surface area contributed by atoms with E-state index in [0.717, 1.165) is 36.7 Å². The van der Waals surface area contributed by atoms with E-state index in [1.807, 2.05) is 17.6 Å². The fourth-order valence-corrected chi connectivity index (χ4v) is 6.04. The van der Waals surface area contributed by atoms with Crippen LogP contribution in [0.2, 0.25) is 5.02 Å². The second-order valence-corrected chi connectivity index (χ2v) is 11.3. The van der Waals surface area contributed by atoms with Crippen molar-refractivity contribution >= 4 is 34.0 Å². The Bertz CT molecular complexity index is 1700. The van der Waals surface area contributed by atoms with Crippen LogP contribution in [-0.4, -0.2) is 52.3 Å². The molecule has 0 unspecified atom stereocenters. The Hall–Kier alpha value is -3.96. The minimum atomic E-state index is -1.11. The van der Waals surface area contributed by atoms with Gasteiger partial charge >= 0.3 is 0 Å². The molecule has 2 aliphatic rings. The third-order valence-electron chi connectivity index (χ3n) is 8.10. The molecule has 2 N–H and O–H groups in total. The number of methoxy groups -OCH3 is 1. The summed E-state index contributed by atoms with van der Waals surface area (Å²) < 4.78 is 41.9. The highest BCUT2D eigenvalue weighted by Gasteiger charge is 2.30. The Morgan fingerprint density at radius 1 is 1.19 bits per heavy atom. The number of ether oxygens (including phenoxy) is 2. The van der Waals surface area contributed by atoms with Crippen LogP contribution in [-0.2, 0) is 13.1 Å². The number of piperidine rings is 1. The second-order valence-electron chi connectivity index (χ2n) is 10.9. The standard InChI is InChI=1S/C30H31ClF2N6O3/c1-17-16-42-30-27(33)24(32)9-22-28(30)39(17)14-19(29(22)40)13-38(12-18-8-26(41-2)36-11-23(18)31)21-4-3-7-37(15-21)20-5-6-25(34)35-10-20/h5-6,8-11,14,17,21H,3-4,7,12-13,15-16H2,1-2H3,(H2,34,35)/t17-,21-/m0/s1. The van der Waals surface area contributed by atoms with Crippen molar-refractivity contribution in [2.45, 2.75) is 44.9 Å². The van der Waals surface area contributed by atoms with Crippen molar-refractivity contribution in [3.63, 3.8) is 0 Å². The average Bonchev–Trinajstić information content (AvgIpc) is 2.99. The van der Waals surface area contributed by atoms with Gasteiger partial charge in [0.15, 0.2) is 17.0 Å². The third kappa shape index (κ3) is 5.22. The molecule has 0 saturated carbocycles. The van der Waals surface area contributed by atoms with Crippen molar-refractivity contribution in [1.29, 1.82) is 0 Å². The van der Waals surface area contributed by atoms with Gasteiger partial charge in [0.2, 0.25) is 11.7 Å². The first-order valence-electron chi connectivity index (χ1n) is 13.8. The zero-order valence-electron chi connectivity index (χ0n) is 23.3. The summed E-state index contributed by atoms with van der Waals surface area (Å²) in [6.45, 7) is 4.28. The molecule has 2 aliphatic heterocycles. The van der Waals surface area contributed by atoms with Gasteiger partial charge in [-0.15, -0.1) is 0 Å². The molecule has 42 heavy (non-hydrogen) atoms. The van der Waals surface area contributed by atoms with E-state index < -0.39 is 11.6 Å². The predicted molar refractivity (Wildman–Crippen MR) is 157 cm³/mol. The number of rotatable bonds is 7. The molecule has 1 aromatic carbocycles. The maximum Gasteiger partial charge on any atom is 0.213 e.